The zero-order valence-corrected chi connectivity index (χ0v) is 18.3. The maximum Gasteiger partial charge on any atom is 0.164 e. The average Bonchev–Trinajstić information content (AvgIpc) is 3.04. The van der Waals surface area contributed by atoms with Gasteiger partial charge in [0.05, 0.1) is 25.7 Å². The number of ether oxygens (including phenoxy) is 5. The molecule has 0 spiro atoms. The van der Waals surface area contributed by atoms with Crippen molar-refractivity contribution in [3.05, 3.63) is 34.9 Å². The number of rotatable bonds is 2. The second kappa shape index (κ2) is 6.13. The molecule has 0 fully saturated rings. The van der Waals surface area contributed by atoms with Crippen molar-refractivity contribution in [1.29, 1.82) is 0 Å². The van der Waals surface area contributed by atoms with Gasteiger partial charge in [-0.1, -0.05) is 0 Å². The molecule has 0 aromatic heterocycles. The summed E-state index contributed by atoms with van der Waals surface area (Å²) in [5.41, 5.74) is 2.03. The Hall–Kier alpha value is -2.76. The minimum atomic E-state index is -0.562. The summed E-state index contributed by atoms with van der Waals surface area (Å²) < 4.78 is 30.5. The largest absolute Gasteiger partial charge is 0.504 e. The van der Waals surface area contributed by atoms with Gasteiger partial charge in [0.1, 0.15) is 40.3 Å². The fourth-order valence-electron chi connectivity index (χ4n) is 5.07. The van der Waals surface area contributed by atoms with Gasteiger partial charge >= 0.3 is 0 Å². The number of phenolic OH excluding ortho intramolecular Hbond substituents is 1. The molecule has 2 atom stereocenters. The Morgan fingerprint density at radius 2 is 1.67 bits per heavy atom. The molecule has 0 amide bonds. The van der Waals surface area contributed by atoms with E-state index in [-0.39, 0.29) is 23.4 Å². The summed E-state index contributed by atoms with van der Waals surface area (Å²) in [6, 6.07) is 5.44. The number of aromatic hydroxyl groups is 1. The molecule has 0 bridgehead atoms. The van der Waals surface area contributed by atoms with E-state index in [1.165, 1.54) is 7.11 Å². The highest BCUT2D eigenvalue weighted by molar-refractivity contribution is 5.64. The van der Waals surface area contributed by atoms with Gasteiger partial charge in [-0.25, -0.2) is 0 Å². The molecule has 160 valence electrons. The first-order chi connectivity index (χ1) is 14.1. The fourth-order valence-corrected chi connectivity index (χ4v) is 5.07. The number of hydrogen-bond acceptors (Lipinski definition) is 6. The monoisotopic (exact) mass is 412 g/mol. The standard InChI is InChI=1S/C24H28O6/c1-23(2)8-7-12-15(26-5)10-18-19(21(12)30-23)22-20(24(3,4)29-18)13-9-14(25)17(27-6)11-16(13)28-22/h9-11,20,22,25H,7-8H2,1-6H3. The summed E-state index contributed by atoms with van der Waals surface area (Å²) in [5.74, 6) is 3.38. The Bertz CT molecular complexity index is 1040. The predicted molar refractivity (Wildman–Crippen MR) is 111 cm³/mol. The van der Waals surface area contributed by atoms with E-state index in [4.69, 9.17) is 23.7 Å². The van der Waals surface area contributed by atoms with Crippen molar-refractivity contribution in [2.24, 2.45) is 0 Å². The van der Waals surface area contributed by atoms with E-state index in [0.717, 1.165) is 46.8 Å². The Kier molecular flexibility index (Phi) is 3.92. The van der Waals surface area contributed by atoms with Gasteiger partial charge < -0.3 is 28.8 Å². The molecular formula is C24H28O6. The highest BCUT2D eigenvalue weighted by atomic mass is 16.5. The number of methoxy groups -OCH3 is 2. The third-order valence-corrected chi connectivity index (χ3v) is 6.53. The zero-order chi connectivity index (χ0) is 21.4. The lowest BCUT2D eigenvalue weighted by atomic mass is 9.76. The van der Waals surface area contributed by atoms with Crippen molar-refractivity contribution >= 4 is 0 Å². The summed E-state index contributed by atoms with van der Waals surface area (Å²) in [6.07, 6.45) is 1.47. The molecule has 3 aliphatic rings. The zero-order valence-electron chi connectivity index (χ0n) is 18.3. The van der Waals surface area contributed by atoms with Crippen molar-refractivity contribution in [3.8, 4) is 34.5 Å². The van der Waals surface area contributed by atoms with Gasteiger partial charge in [-0.05, 0) is 46.6 Å². The summed E-state index contributed by atoms with van der Waals surface area (Å²) in [4.78, 5) is 0. The van der Waals surface area contributed by atoms with Crippen LogP contribution in [0.4, 0.5) is 0 Å². The van der Waals surface area contributed by atoms with Crippen LogP contribution in [0.15, 0.2) is 18.2 Å². The third kappa shape index (κ3) is 2.62. The number of benzene rings is 2. The minimum Gasteiger partial charge on any atom is -0.504 e. The Balaban J connectivity index is 1.73. The van der Waals surface area contributed by atoms with E-state index in [0.29, 0.717) is 11.5 Å². The molecule has 1 N–H and O–H groups in total. The van der Waals surface area contributed by atoms with Crippen LogP contribution in [-0.4, -0.2) is 30.5 Å². The SMILES string of the molecule is COc1cc2c(cc1O)C1C(O2)c2c(cc(OC)c3c2OC(C)(C)CC3)OC1(C)C. The van der Waals surface area contributed by atoms with E-state index in [9.17, 15) is 5.11 Å². The highest BCUT2D eigenvalue weighted by Gasteiger charge is 2.53. The first-order valence-corrected chi connectivity index (χ1v) is 10.3. The molecule has 2 aromatic rings. The van der Waals surface area contributed by atoms with Crippen LogP contribution in [-0.2, 0) is 6.42 Å². The van der Waals surface area contributed by atoms with E-state index in [1.807, 2.05) is 19.9 Å². The van der Waals surface area contributed by atoms with E-state index >= 15 is 0 Å². The van der Waals surface area contributed by atoms with Crippen molar-refractivity contribution in [3.63, 3.8) is 0 Å². The van der Waals surface area contributed by atoms with Crippen molar-refractivity contribution < 1.29 is 28.8 Å². The Labute approximate surface area is 176 Å². The maximum absolute atomic E-state index is 10.4. The lowest BCUT2D eigenvalue weighted by Gasteiger charge is -2.44. The predicted octanol–water partition coefficient (Wildman–Crippen LogP) is 4.90. The van der Waals surface area contributed by atoms with Gasteiger partial charge in [0.25, 0.3) is 0 Å². The molecule has 30 heavy (non-hydrogen) atoms. The quantitative estimate of drug-likeness (QED) is 0.757. The number of hydrogen-bond donors (Lipinski definition) is 1. The molecule has 3 heterocycles. The lowest BCUT2D eigenvalue weighted by molar-refractivity contribution is 0.00598. The molecule has 2 unspecified atom stereocenters. The van der Waals surface area contributed by atoms with Gasteiger partial charge in [-0.2, -0.15) is 0 Å². The Morgan fingerprint density at radius 3 is 2.37 bits per heavy atom. The van der Waals surface area contributed by atoms with Crippen LogP contribution in [0.3, 0.4) is 0 Å². The van der Waals surface area contributed by atoms with Crippen LogP contribution in [0, 0.1) is 0 Å². The topological polar surface area (TPSA) is 66.4 Å². The fraction of sp³-hybridized carbons (Fsp3) is 0.500. The maximum atomic E-state index is 10.4. The van der Waals surface area contributed by atoms with Crippen molar-refractivity contribution in [2.45, 2.75) is 63.8 Å². The first-order valence-electron chi connectivity index (χ1n) is 10.3. The highest BCUT2D eigenvalue weighted by Crippen LogP contribution is 2.62. The second-order valence-corrected chi connectivity index (χ2v) is 9.44. The van der Waals surface area contributed by atoms with Crippen LogP contribution < -0.4 is 23.7 Å². The molecule has 6 heteroatoms. The molecule has 0 radical (unpaired) electrons. The molecule has 0 saturated heterocycles. The van der Waals surface area contributed by atoms with Crippen LogP contribution in [0.25, 0.3) is 0 Å². The number of phenols is 1. The molecular weight excluding hydrogens is 384 g/mol. The first kappa shape index (κ1) is 19.2. The summed E-state index contributed by atoms with van der Waals surface area (Å²) in [7, 11) is 3.21. The van der Waals surface area contributed by atoms with Crippen molar-refractivity contribution in [1.82, 2.24) is 0 Å². The normalized spacial score (nSPS) is 24.2. The van der Waals surface area contributed by atoms with Gasteiger partial charge in [0.2, 0.25) is 0 Å². The lowest BCUT2D eigenvalue weighted by Crippen LogP contribution is -2.43. The van der Waals surface area contributed by atoms with Gasteiger partial charge in [-0.3, -0.25) is 0 Å². The summed E-state index contributed by atoms with van der Waals surface area (Å²) in [6.45, 7) is 8.29. The minimum absolute atomic E-state index is 0.0937. The van der Waals surface area contributed by atoms with Crippen LogP contribution >= 0.6 is 0 Å². The van der Waals surface area contributed by atoms with Gasteiger partial charge in [-0.15, -0.1) is 0 Å². The van der Waals surface area contributed by atoms with E-state index in [1.54, 1.807) is 19.2 Å². The van der Waals surface area contributed by atoms with Crippen LogP contribution in [0.1, 0.15) is 62.8 Å². The van der Waals surface area contributed by atoms with Gasteiger partial charge in [0, 0.05) is 23.3 Å². The molecule has 6 nitrogen and oxygen atoms in total. The molecule has 0 aliphatic carbocycles. The van der Waals surface area contributed by atoms with E-state index < -0.39 is 5.60 Å². The Morgan fingerprint density at radius 1 is 0.967 bits per heavy atom. The smallest absolute Gasteiger partial charge is 0.164 e. The molecule has 5 rings (SSSR count). The molecule has 3 aliphatic heterocycles. The van der Waals surface area contributed by atoms with Gasteiger partial charge in [0.15, 0.2) is 11.5 Å². The van der Waals surface area contributed by atoms with Crippen LogP contribution in [0.5, 0.6) is 34.5 Å². The van der Waals surface area contributed by atoms with Crippen LogP contribution in [0.2, 0.25) is 0 Å². The summed E-state index contributed by atoms with van der Waals surface area (Å²) in [5, 5.41) is 10.4. The molecule has 0 saturated carbocycles. The average molecular weight is 412 g/mol. The third-order valence-electron chi connectivity index (χ3n) is 6.53. The van der Waals surface area contributed by atoms with Crippen molar-refractivity contribution in [2.75, 3.05) is 14.2 Å². The molecule has 2 aromatic carbocycles. The number of fused-ring (bicyclic) bond motifs is 7. The second-order valence-electron chi connectivity index (χ2n) is 9.44. The van der Waals surface area contributed by atoms with E-state index in [2.05, 4.69) is 13.8 Å². The summed E-state index contributed by atoms with van der Waals surface area (Å²) >= 11 is 0.